The molecule has 0 saturated carbocycles. The second-order valence-electron chi connectivity index (χ2n) is 6.41. The molecule has 1 saturated heterocycles. The fourth-order valence-electron chi connectivity index (χ4n) is 3.27. The second-order valence-corrected chi connectivity index (χ2v) is 6.41. The van der Waals surface area contributed by atoms with Crippen LogP contribution in [0.25, 0.3) is 0 Å². The molecule has 0 amide bonds. The number of carbonyl (C=O) groups is 1. The molecule has 0 unspecified atom stereocenters. The molecule has 108 valence electrons. The van der Waals surface area contributed by atoms with E-state index < -0.39 is 0 Å². The Morgan fingerprint density at radius 3 is 2.47 bits per heavy atom. The summed E-state index contributed by atoms with van der Waals surface area (Å²) < 4.78 is 11.8. The van der Waals surface area contributed by atoms with E-state index in [4.69, 9.17) is 9.47 Å². The molecule has 1 fully saturated rings. The first-order valence-corrected chi connectivity index (χ1v) is 7.50. The maximum absolute atomic E-state index is 11.2. The SMILES string of the molecule is CC(C)CC1(C[C@@H](C)[C@H]2C=CC(=O)CC2)OCCO1. The minimum Gasteiger partial charge on any atom is -0.348 e. The molecule has 2 aliphatic rings. The molecular formula is C16H26O3. The molecular weight excluding hydrogens is 240 g/mol. The van der Waals surface area contributed by atoms with Crippen LogP contribution < -0.4 is 0 Å². The Balaban J connectivity index is 1.97. The Kier molecular flexibility index (Phi) is 4.80. The third kappa shape index (κ3) is 3.90. The average Bonchev–Trinajstić information content (AvgIpc) is 2.77. The lowest BCUT2D eigenvalue weighted by atomic mass is 9.80. The van der Waals surface area contributed by atoms with Crippen LogP contribution >= 0.6 is 0 Å². The van der Waals surface area contributed by atoms with Crippen molar-refractivity contribution >= 4 is 5.78 Å². The van der Waals surface area contributed by atoms with Crippen LogP contribution in [0.2, 0.25) is 0 Å². The third-order valence-corrected chi connectivity index (χ3v) is 4.15. The second kappa shape index (κ2) is 6.19. The summed E-state index contributed by atoms with van der Waals surface area (Å²) in [6, 6.07) is 0. The number of hydrogen-bond donors (Lipinski definition) is 0. The van der Waals surface area contributed by atoms with Gasteiger partial charge < -0.3 is 9.47 Å². The number of ketones is 1. The molecule has 2 atom stereocenters. The maximum atomic E-state index is 11.2. The van der Waals surface area contributed by atoms with Gasteiger partial charge >= 0.3 is 0 Å². The van der Waals surface area contributed by atoms with Crippen molar-refractivity contribution in [2.75, 3.05) is 13.2 Å². The summed E-state index contributed by atoms with van der Waals surface area (Å²) in [6.07, 6.45) is 7.35. The van der Waals surface area contributed by atoms with Crippen LogP contribution in [0, 0.1) is 17.8 Å². The van der Waals surface area contributed by atoms with Gasteiger partial charge in [-0.2, -0.15) is 0 Å². The lowest BCUT2D eigenvalue weighted by Crippen LogP contribution is -2.35. The van der Waals surface area contributed by atoms with Crippen molar-refractivity contribution in [3.05, 3.63) is 12.2 Å². The fourth-order valence-corrected chi connectivity index (χ4v) is 3.27. The Bertz CT molecular complexity index is 340. The number of rotatable bonds is 5. The van der Waals surface area contributed by atoms with Crippen LogP contribution in [0.4, 0.5) is 0 Å². The van der Waals surface area contributed by atoms with Crippen LogP contribution in [-0.2, 0) is 14.3 Å². The van der Waals surface area contributed by atoms with Crippen LogP contribution in [-0.4, -0.2) is 24.8 Å². The van der Waals surface area contributed by atoms with E-state index in [1.54, 1.807) is 6.08 Å². The predicted molar refractivity (Wildman–Crippen MR) is 74.7 cm³/mol. The van der Waals surface area contributed by atoms with Gasteiger partial charge in [-0.3, -0.25) is 4.79 Å². The predicted octanol–water partition coefficient (Wildman–Crippen LogP) is 3.34. The first-order chi connectivity index (χ1) is 9.01. The van der Waals surface area contributed by atoms with E-state index in [1.165, 1.54) is 0 Å². The zero-order valence-corrected chi connectivity index (χ0v) is 12.4. The van der Waals surface area contributed by atoms with Gasteiger partial charge in [0.2, 0.25) is 0 Å². The Morgan fingerprint density at radius 1 is 1.26 bits per heavy atom. The zero-order chi connectivity index (χ0) is 13.9. The number of ether oxygens (including phenoxy) is 2. The summed E-state index contributed by atoms with van der Waals surface area (Å²) in [4.78, 5) is 11.2. The van der Waals surface area contributed by atoms with Gasteiger partial charge in [-0.15, -0.1) is 0 Å². The minimum absolute atomic E-state index is 0.258. The van der Waals surface area contributed by atoms with E-state index in [2.05, 4.69) is 26.8 Å². The normalized spacial score (nSPS) is 28.0. The van der Waals surface area contributed by atoms with Gasteiger partial charge in [-0.1, -0.05) is 26.8 Å². The molecule has 0 aromatic heterocycles. The van der Waals surface area contributed by atoms with Gasteiger partial charge in [0, 0.05) is 19.3 Å². The summed E-state index contributed by atoms with van der Waals surface area (Å²) >= 11 is 0. The fraction of sp³-hybridized carbons (Fsp3) is 0.812. The monoisotopic (exact) mass is 266 g/mol. The molecule has 0 radical (unpaired) electrons. The largest absolute Gasteiger partial charge is 0.348 e. The molecule has 19 heavy (non-hydrogen) atoms. The van der Waals surface area contributed by atoms with Crippen molar-refractivity contribution < 1.29 is 14.3 Å². The molecule has 0 spiro atoms. The molecule has 1 aliphatic heterocycles. The molecule has 1 heterocycles. The minimum atomic E-state index is -0.386. The maximum Gasteiger partial charge on any atom is 0.169 e. The molecule has 2 rings (SSSR count). The number of carbonyl (C=O) groups excluding carboxylic acids is 1. The lowest BCUT2D eigenvalue weighted by molar-refractivity contribution is -0.181. The lowest BCUT2D eigenvalue weighted by Gasteiger charge is -2.34. The summed E-state index contributed by atoms with van der Waals surface area (Å²) in [5.41, 5.74) is 0. The first-order valence-electron chi connectivity index (χ1n) is 7.50. The third-order valence-electron chi connectivity index (χ3n) is 4.15. The summed E-state index contributed by atoms with van der Waals surface area (Å²) in [6.45, 7) is 8.07. The Morgan fingerprint density at radius 2 is 1.95 bits per heavy atom. The van der Waals surface area contributed by atoms with Gasteiger partial charge in [0.15, 0.2) is 11.6 Å². The highest BCUT2D eigenvalue weighted by molar-refractivity contribution is 5.90. The zero-order valence-electron chi connectivity index (χ0n) is 12.4. The van der Waals surface area contributed by atoms with Gasteiger partial charge in [0.25, 0.3) is 0 Å². The molecule has 1 aliphatic carbocycles. The summed E-state index contributed by atoms with van der Waals surface area (Å²) in [7, 11) is 0. The highest BCUT2D eigenvalue weighted by Crippen LogP contribution is 2.37. The highest BCUT2D eigenvalue weighted by atomic mass is 16.7. The van der Waals surface area contributed by atoms with Crippen molar-refractivity contribution in [1.82, 2.24) is 0 Å². The molecule has 3 nitrogen and oxygen atoms in total. The number of hydrogen-bond acceptors (Lipinski definition) is 3. The van der Waals surface area contributed by atoms with Crippen LogP contribution in [0.3, 0.4) is 0 Å². The van der Waals surface area contributed by atoms with E-state index in [0.29, 0.717) is 37.4 Å². The van der Waals surface area contributed by atoms with E-state index in [9.17, 15) is 4.79 Å². The van der Waals surface area contributed by atoms with E-state index in [1.807, 2.05) is 0 Å². The van der Waals surface area contributed by atoms with E-state index in [0.717, 1.165) is 19.3 Å². The smallest absolute Gasteiger partial charge is 0.169 e. The van der Waals surface area contributed by atoms with Crippen LogP contribution in [0.15, 0.2) is 12.2 Å². The van der Waals surface area contributed by atoms with Crippen molar-refractivity contribution in [3.8, 4) is 0 Å². The molecule has 0 bridgehead atoms. The highest BCUT2D eigenvalue weighted by Gasteiger charge is 2.39. The van der Waals surface area contributed by atoms with Crippen LogP contribution in [0.1, 0.15) is 46.5 Å². The quantitative estimate of drug-likeness (QED) is 0.765. The first kappa shape index (κ1) is 14.7. The topological polar surface area (TPSA) is 35.5 Å². The van der Waals surface area contributed by atoms with Gasteiger partial charge in [-0.25, -0.2) is 0 Å². The van der Waals surface area contributed by atoms with Crippen molar-refractivity contribution in [3.63, 3.8) is 0 Å². The van der Waals surface area contributed by atoms with Crippen molar-refractivity contribution in [2.45, 2.75) is 52.2 Å². The van der Waals surface area contributed by atoms with Crippen LogP contribution in [0.5, 0.6) is 0 Å². The molecule has 0 N–H and O–H groups in total. The van der Waals surface area contributed by atoms with E-state index >= 15 is 0 Å². The molecule has 3 heteroatoms. The molecule has 0 aromatic carbocycles. The van der Waals surface area contributed by atoms with Gasteiger partial charge in [-0.05, 0) is 30.3 Å². The van der Waals surface area contributed by atoms with Crippen molar-refractivity contribution in [2.24, 2.45) is 17.8 Å². The summed E-state index contributed by atoms with van der Waals surface area (Å²) in [5.74, 6) is 1.40. The average molecular weight is 266 g/mol. The molecule has 0 aromatic rings. The Labute approximate surface area is 116 Å². The standard InChI is InChI=1S/C16H26O3/c1-12(2)10-16(18-8-9-19-16)11-13(3)14-4-6-15(17)7-5-14/h4,6,12-14H,5,7-11H2,1-3H3/t13-,14+/m1/s1. The van der Waals surface area contributed by atoms with Gasteiger partial charge in [0.05, 0.1) is 13.2 Å². The van der Waals surface area contributed by atoms with E-state index in [-0.39, 0.29) is 11.6 Å². The number of allylic oxidation sites excluding steroid dienone is 2. The summed E-state index contributed by atoms with van der Waals surface area (Å²) in [5, 5.41) is 0. The Hall–Kier alpha value is -0.670. The van der Waals surface area contributed by atoms with Crippen molar-refractivity contribution in [1.29, 1.82) is 0 Å². The van der Waals surface area contributed by atoms with Gasteiger partial charge in [0.1, 0.15) is 0 Å².